The van der Waals surface area contributed by atoms with Crippen molar-refractivity contribution in [3.63, 3.8) is 0 Å². The fourth-order valence-corrected chi connectivity index (χ4v) is 3.76. The Balaban J connectivity index is 2.83. The molecule has 2 N–H and O–H groups in total. The molecule has 0 spiro atoms. The van der Waals surface area contributed by atoms with Crippen molar-refractivity contribution in [1.82, 2.24) is 10.6 Å². The molecule has 1 fully saturated rings. The van der Waals surface area contributed by atoms with Crippen LogP contribution >= 0.6 is 23.2 Å². The van der Waals surface area contributed by atoms with Crippen molar-refractivity contribution in [2.45, 2.75) is 57.0 Å². The molecule has 0 aromatic heterocycles. The molecule has 0 aromatic rings. The van der Waals surface area contributed by atoms with Crippen molar-refractivity contribution in [2.75, 3.05) is 13.1 Å². The van der Waals surface area contributed by atoms with Gasteiger partial charge in [-0.05, 0) is 31.3 Å². The van der Waals surface area contributed by atoms with Crippen LogP contribution in [0, 0.1) is 5.41 Å². The highest BCUT2D eigenvalue weighted by molar-refractivity contribution is 6.32. The highest BCUT2D eigenvalue weighted by Gasteiger charge is 2.49. The molecular formula is C12H24Cl2N2. The van der Waals surface area contributed by atoms with Crippen LogP contribution in [-0.2, 0) is 0 Å². The first-order chi connectivity index (χ1) is 7.34. The molecule has 1 saturated carbocycles. The van der Waals surface area contributed by atoms with Gasteiger partial charge < -0.3 is 5.32 Å². The van der Waals surface area contributed by atoms with Crippen molar-refractivity contribution in [2.24, 2.45) is 5.41 Å². The quantitative estimate of drug-likeness (QED) is 0.604. The minimum absolute atomic E-state index is 0.0675. The molecule has 3 unspecified atom stereocenters. The second-order valence-corrected chi connectivity index (χ2v) is 6.65. The van der Waals surface area contributed by atoms with Gasteiger partial charge in [0.05, 0.1) is 5.38 Å². The minimum Gasteiger partial charge on any atom is -0.313 e. The molecule has 1 rings (SSSR count). The van der Waals surface area contributed by atoms with Gasteiger partial charge in [-0.1, -0.05) is 27.7 Å². The van der Waals surface area contributed by atoms with Gasteiger partial charge in [-0.25, -0.2) is 0 Å². The molecule has 96 valence electrons. The number of alkyl halides is 2. The van der Waals surface area contributed by atoms with E-state index in [0.717, 1.165) is 25.9 Å². The Bertz CT molecular complexity index is 233. The maximum Gasteiger partial charge on any atom is 0.112 e. The standard InChI is InChI=1S/C12H24Cl2N2/c1-5-15-9-7-11(3,4)8-12(14,10(9)13)16-6-2/h9-10,15-16H,5-8H2,1-4H3. The zero-order valence-corrected chi connectivity index (χ0v) is 12.3. The van der Waals surface area contributed by atoms with Crippen LogP contribution in [0.5, 0.6) is 0 Å². The van der Waals surface area contributed by atoms with Crippen LogP contribution in [0.15, 0.2) is 0 Å². The first kappa shape index (κ1) is 14.6. The summed E-state index contributed by atoms with van der Waals surface area (Å²) in [5, 5.41) is 6.73. The van der Waals surface area contributed by atoms with Crippen LogP contribution in [0.2, 0.25) is 0 Å². The van der Waals surface area contributed by atoms with Gasteiger partial charge in [0.25, 0.3) is 0 Å². The maximum absolute atomic E-state index is 6.66. The topological polar surface area (TPSA) is 24.1 Å². The van der Waals surface area contributed by atoms with Gasteiger partial charge in [-0.2, -0.15) is 0 Å². The van der Waals surface area contributed by atoms with Crippen molar-refractivity contribution in [3.8, 4) is 0 Å². The molecule has 3 atom stereocenters. The third-order valence-electron chi connectivity index (χ3n) is 3.24. The molecule has 0 radical (unpaired) electrons. The highest BCUT2D eigenvalue weighted by Crippen LogP contribution is 2.45. The lowest BCUT2D eigenvalue weighted by Crippen LogP contribution is -2.61. The second kappa shape index (κ2) is 5.43. The van der Waals surface area contributed by atoms with Gasteiger partial charge in [-0.15, -0.1) is 23.2 Å². The number of hydrogen-bond donors (Lipinski definition) is 2. The summed E-state index contributed by atoms with van der Waals surface area (Å²) in [5.74, 6) is 0. The van der Waals surface area contributed by atoms with E-state index in [-0.39, 0.29) is 16.8 Å². The molecule has 0 bridgehead atoms. The van der Waals surface area contributed by atoms with Gasteiger partial charge in [0.2, 0.25) is 0 Å². The molecule has 2 nitrogen and oxygen atoms in total. The van der Waals surface area contributed by atoms with Crippen LogP contribution in [-0.4, -0.2) is 29.5 Å². The van der Waals surface area contributed by atoms with Crippen molar-refractivity contribution < 1.29 is 0 Å². The molecule has 1 aliphatic carbocycles. The van der Waals surface area contributed by atoms with Crippen molar-refractivity contribution in [3.05, 3.63) is 0 Å². The van der Waals surface area contributed by atoms with E-state index in [1.807, 2.05) is 0 Å². The summed E-state index contributed by atoms with van der Waals surface area (Å²) in [4.78, 5) is -0.481. The summed E-state index contributed by atoms with van der Waals surface area (Å²) in [6.07, 6.45) is 1.99. The first-order valence-corrected chi connectivity index (χ1v) is 6.97. The van der Waals surface area contributed by atoms with E-state index in [1.165, 1.54) is 0 Å². The zero-order valence-electron chi connectivity index (χ0n) is 10.7. The number of rotatable bonds is 4. The summed E-state index contributed by atoms with van der Waals surface area (Å²) in [6.45, 7) is 10.5. The fraction of sp³-hybridized carbons (Fsp3) is 1.00. The molecular weight excluding hydrogens is 243 g/mol. The highest BCUT2D eigenvalue weighted by atomic mass is 35.5. The summed E-state index contributed by atoms with van der Waals surface area (Å²) in [7, 11) is 0. The van der Waals surface area contributed by atoms with Crippen LogP contribution < -0.4 is 10.6 Å². The summed E-state index contributed by atoms with van der Waals surface area (Å²) < 4.78 is 0. The van der Waals surface area contributed by atoms with Crippen LogP contribution in [0.3, 0.4) is 0 Å². The average molecular weight is 267 g/mol. The predicted molar refractivity (Wildman–Crippen MR) is 72.4 cm³/mol. The van der Waals surface area contributed by atoms with Crippen LogP contribution in [0.1, 0.15) is 40.5 Å². The molecule has 0 aliphatic heterocycles. The van der Waals surface area contributed by atoms with Gasteiger partial charge in [-0.3, -0.25) is 5.32 Å². The Morgan fingerprint density at radius 3 is 2.38 bits per heavy atom. The van der Waals surface area contributed by atoms with Crippen molar-refractivity contribution in [1.29, 1.82) is 0 Å². The van der Waals surface area contributed by atoms with E-state index < -0.39 is 5.00 Å². The third-order valence-corrected chi connectivity index (χ3v) is 4.53. The third kappa shape index (κ3) is 3.25. The predicted octanol–water partition coefficient (Wildman–Crippen LogP) is 2.94. The Kier molecular flexibility index (Phi) is 4.94. The molecule has 0 heterocycles. The largest absolute Gasteiger partial charge is 0.313 e. The Morgan fingerprint density at radius 2 is 1.88 bits per heavy atom. The van der Waals surface area contributed by atoms with E-state index in [1.54, 1.807) is 0 Å². The van der Waals surface area contributed by atoms with Crippen LogP contribution in [0.25, 0.3) is 0 Å². The van der Waals surface area contributed by atoms with Gasteiger partial charge >= 0.3 is 0 Å². The fourth-order valence-electron chi connectivity index (χ4n) is 2.78. The molecule has 1 aliphatic rings. The van der Waals surface area contributed by atoms with E-state index in [9.17, 15) is 0 Å². The number of hydrogen-bond acceptors (Lipinski definition) is 2. The average Bonchev–Trinajstić information content (AvgIpc) is 2.13. The summed E-state index contributed by atoms with van der Waals surface area (Å²) in [5.41, 5.74) is 0.224. The molecule has 16 heavy (non-hydrogen) atoms. The molecule has 0 aromatic carbocycles. The van der Waals surface area contributed by atoms with Crippen molar-refractivity contribution >= 4 is 23.2 Å². The lowest BCUT2D eigenvalue weighted by Gasteiger charge is -2.49. The monoisotopic (exact) mass is 266 g/mol. The first-order valence-electron chi connectivity index (χ1n) is 6.16. The van der Waals surface area contributed by atoms with E-state index >= 15 is 0 Å². The summed E-state index contributed by atoms with van der Waals surface area (Å²) >= 11 is 13.2. The second-order valence-electron chi connectivity index (χ2n) is 5.50. The molecule has 4 heteroatoms. The lowest BCUT2D eigenvalue weighted by molar-refractivity contribution is 0.145. The normalized spacial score (nSPS) is 38.6. The van der Waals surface area contributed by atoms with Gasteiger partial charge in [0, 0.05) is 6.04 Å². The Morgan fingerprint density at radius 1 is 1.25 bits per heavy atom. The van der Waals surface area contributed by atoms with E-state index in [0.29, 0.717) is 0 Å². The molecule has 0 amide bonds. The van der Waals surface area contributed by atoms with Gasteiger partial charge in [0.1, 0.15) is 5.00 Å². The minimum atomic E-state index is -0.481. The van der Waals surface area contributed by atoms with E-state index in [4.69, 9.17) is 23.2 Å². The number of nitrogens with one attached hydrogen (secondary N) is 2. The van der Waals surface area contributed by atoms with Gasteiger partial charge in [0.15, 0.2) is 0 Å². The van der Waals surface area contributed by atoms with E-state index in [2.05, 4.69) is 38.3 Å². The van der Waals surface area contributed by atoms with Crippen LogP contribution in [0.4, 0.5) is 0 Å². The smallest absolute Gasteiger partial charge is 0.112 e. The molecule has 0 saturated heterocycles. The Hall–Kier alpha value is 0.500. The Labute approximate surface area is 109 Å². The SMILES string of the molecule is CCNC1CC(C)(C)CC(Cl)(NCC)C1Cl. The maximum atomic E-state index is 6.66. The zero-order chi connectivity index (χ0) is 12.4. The lowest BCUT2D eigenvalue weighted by atomic mass is 9.72. The number of halogens is 2. The summed E-state index contributed by atoms with van der Waals surface area (Å²) in [6, 6.07) is 0.284.